The SMILES string of the molecule is [C-]#[N+]c1cccc(-c2ccc3c(c2)C2(CC(c4ccc(F)cc4)O3)N=C(N)N(C)C2=O)c1.[C-]#[N+]c1cccc(-c2ccc3c(c2)[C@@]2(C[C@@H](c4ccc(F)cc4)O3)N=C(N)N(C)C2=O)c1. The minimum Gasteiger partial charge on any atom is -0.485 e. The number of nitrogens with zero attached hydrogens (tertiary/aromatic N) is 6. The zero-order chi connectivity index (χ0) is 44.9. The van der Waals surface area contributed by atoms with Crippen LogP contribution in [-0.2, 0) is 20.7 Å². The molecule has 4 aliphatic heterocycles. The molecular weight excluding hydrogens is 815 g/mol. The summed E-state index contributed by atoms with van der Waals surface area (Å²) in [5.41, 5.74) is 16.8. The fraction of sp³-hybridized carbons (Fsp3) is 0.160. The zero-order valence-corrected chi connectivity index (χ0v) is 34.5. The van der Waals surface area contributed by atoms with Gasteiger partial charge in [-0.25, -0.2) is 28.5 Å². The van der Waals surface area contributed by atoms with E-state index in [1.54, 1.807) is 62.6 Å². The predicted octanol–water partition coefficient (Wildman–Crippen LogP) is 9.10. The largest absolute Gasteiger partial charge is 0.485 e. The third-order valence-corrected chi connectivity index (χ3v) is 12.1. The van der Waals surface area contributed by atoms with Gasteiger partial charge in [0.1, 0.15) is 35.3 Å². The highest BCUT2D eigenvalue weighted by molar-refractivity contribution is 6.08. The number of nitrogens with two attached hydrogens (primary N) is 2. The lowest BCUT2D eigenvalue weighted by molar-refractivity contribution is -0.133. The van der Waals surface area contributed by atoms with Crippen molar-refractivity contribution < 1.29 is 27.8 Å². The number of hydrogen-bond acceptors (Lipinski definition) is 8. The van der Waals surface area contributed by atoms with Crippen LogP contribution in [0.2, 0.25) is 0 Å². The maximum Gasteiger partial charge on any atom is 0.261 e. The molecule has 0 aromatic heterocycles. The maximum atomic E-state index is 13.5. The number of fused-ring (bicyclic) bond motifs is 4. The molecule has 0 saturated heterocycles. The van der Waals surface area contributed by atoms with Gasteiger partial charge >= 0.3 is 0 Å². The topological polar surface area (TPSA) is 145 Å². The number of carbonyl (C=O) groups excluding carboxylic acids is 2. The predicted molar refractivity (Wildman–Crippen MR) is 237 cm³/mol. The molecule has 2 unspecified atom stereocenters. The summed E-state index contributed by atoms with van der Waals surface area (Å²) in [6.07, 6.45) is -0.514. The second kappa shape index (κ2) is 15.8. The summed E-state index contributed by atoms with van der Waals surface area (Å²) in [5.74, 6) is 0.168. The molecule has 316 valence electrons. The van der Waals surface area contributed by atoms with Crippen LogP contribution in [0.15, 0.2) is 143 Å². The van der Waals surface area contributed by atoms with Gasteiger partial charge in [-0.3, -0.25) is 19.4 Å². The molecule has 0 saturated carbocycles. The number of likely N-dealkylation sites (N-methyl/N-ethyl adjacent to an activating group) is 2. The monoisotopic (exact) mass is 852 g/mol. The van der Waals surface area contributed by atoms with Crippen LogP contribution in [-0.4, -0.2) is 47.6 Å². The fourth-order valence-electron chi connectivity index (χ4n) is 8.67. The summed E-state index contributed by atoms with van der Waals surface area (Å²) in [4.78, 5) is 45.7. The van der Waals surface area contributed by atoms with Crippen molar-refractivity contribution in [2.45, 2.75) is 36.1 Å². The van der Waals surface area contributed by atoms with E-state index in [9.17, 15) is 18.4 Å². The second-order valence-electron chi connectivity index (χ2n) is 15.9. The fourth-order valence-corrected chi connectivity index (χ4v) is 8.67. The van der Waals surface area contributed by atoms with Crippen molar-refractivity contribution in [1.82, 2.24) is 9.80 Å². The minimum absolute atomic E-state index is 0.140. The minimum atomic E-state index is -1.24. The summed E-state index contributed by atoms with van der Waals surface area (Å²) in [7, 11) is 3.20. The number of benzene rings is 6. The summed E-state index contributed by atoms with van der Waals surface area (Å²) in [5, 5.41) is 0. The number of amides is 2. The molecule has 6 aromatic rings. The van der Waals surface area contributed by atoms with Crippen molar-refractivity contribution in [3.8, 4) is 33.8 Å². The summed E-state index contributed by atoms with van der Waals surface area (Å²) >= 11 is 0. The molecule has 0 bridgehead atoms. The van der Waals surface area contributed by atoms with Crippen molar-refractivity contribution in [3.05, 3.63) is 190 Å². The molecule has 64 heavy (non-hydrogen) atoms. The van der Waals surface area contributed by atoms with Crippen LogP contribution in [0.4, 0.5) is 20.2 Å². The highest BCUT2D eigenvalue weighted by Gasteiger charge is 2.55. The van der Waals surface area contributed by atoms with Crippen LogP contribution in [0, 0.1) is 24.8 Å². The van der Waals surface area contributed by atoms with Gasteiger partial charge in [0.15, 0.2) is 34.4 Å². The molecule has 0 fully saturated rings. The first-order valence-electron chi connectivity index (χ1n) is 20.2. The Kier molecular flexibility index (Phi) is 10.1. The molecule has 2 amide bonds. The van der Waals surface area contributed by atoms with E-state index < -0.39 is 23.3 Å². The van der Waals surface area contributed by atoms with Crippen LogP contribution in [0.25, 0.3) is 31.9 Å². The lowest BCUT2D eigenvalue weighted by Gasteiger charge is -2.37. The highest BCUT2D eigenvalue weighted by atomic mass is 19.1. The molecule has 10 rings (SSSR count). The Labute approximate surface area is 367 Å². The molecule has 0 radical (unpaired) electrons. The third kappa shape index (κ3) is 7.01. The Bertz CT molecular complexity index is 2830. The van der Waals surface area contributed by atoms with Gasteiger partial charge in [-0.05, 0) is 94.0 Å². The van der Waals surface area contributed by atoms with E-state index in [1.165, 1.54) is 34.1 Å². The summed E-state index contributed by atoms with van der Waals surface area (Å²) < 4.78 is 39.4. The lowest BCUT2D eigenvalue weighted by Crippen LogP contribution is -2.43. The maximum absolute atomic E-state index is 13.5. The Balaban J connectivity index is 0.000000162. The van der Waals surface area contributed by atoms with Crippen LogP contribution in [0.5, 0.6) is 11.5 Å². The van der Waals surface area contributed by atoms with Gasteiger partial charge in [0.05, 0.1) is 13.1 Å². The highest BCUT2D eigenvalue weighted by Crippen LogP contribution is 2.52. The molecule has 4 atom stereocenters. The van der Waals surface area contributed by atoms with Gasteiger partial charge in [0, 0.05) is 38.1 Å². The normalized spacial score (nSPS) is 21.7. The Morgan fingerprint density at radius 3 is 1.30 bits per heavy atom. The molecule has 2 spiro atoms. The van der Waals surface area contributed by atoms with Crippen LogP contribution < -0.4 is 20.9 Å². The van der Waals surface area contributed by atoms with E-state index in [-0.39, 0.29) is 48.2 Å². The third-order valence-electron chi connectivity index (χ3n) is 12.1. The molecule has 12 nitrogen and oxygen atoms in total. The quantitative estimate of drug-likeness (QED) is 0.169. The Morgan fingerprint density at radius 2 is 0.953 bits per heavy atom. The smallest absolute Gasteiger partial charge is 0.261 e. The Morgan fingerprint density at radius 1 is 0.578 bits per heavy atom. The molecule has 4 heterocycles. The molecule has 6 aromatic carbocycles. The first kappa shape index (κ1) is 41.0. The first-order chi connectivity index (χ1) is 30.8. The number of hydrogen-bond donors (Lipinski definition) is 2. The molecule has 4 aliphatic rings. The standard InChI is InChI=1S/2C25H19FN4O2/c2*1-28-19-5-3-4-16(12-19)17-8-11-21-20(13-17)25(23(31)30(2)24(27)29-25)14-22(32-21)15-6-9-18(26)10-7-15/h2*3-13,22H,14H2,2H3,(H2,27,29)/t22-,25+;/m0./s1. The number of carbonyl (C=O) groups is 2. The number of rotatable bonds is 4. The summed E-state index contributed by atoms with van der Waals surface area (Å²) in [6.45, 7) is 14.5. The number of ether oxygens (including phenoxy) is 2. The molecule has 4 N–H and O–H groups in total. The van der Waals surface area contributed by atoms with Crippen LogP contribution in [0.1, 0.15) is 47.3 Å². The lowest BCUT2D eigenvalue weighted by atomic mass is 9.79. The van der Waals surface area contributed by atoms with E-state index in [0.717, 1.165) is 33.4 Å². The molecular formula is C50H38F2N8O4. The first-order valence-corrected chi connectivity index (χ1v) is 20.2. The van der Waals surface area contributed by atoms with Gasteiger partial charge in [-0.1, -0.05) is 72.8 Å². The van der Waals surface area contributed by atoms with Gasteiger partial charge in [-0.15, -0.1) is 0 Å². The van der Waals surface area contributed by atoms with Crippen molar-refractivity contribution in [2.75, 3.05) is 14.1 Å². The Hall–Kier alpha value is -8.36. The molecule has 0 aliphatic carbocycles. The molecule has 14 heteroatoms. The summed E-state index contributed by atoms with van der Waals surface area (Å²) in [6, 6.07) is 37.8. The van der Waals surface area contributed by atoms with Gasteiger partial charge in [0.25, 0.3) is 11.8 Å². The number of guanidine groups is 2. The number of aliphatic imine (C=N–C) groups is 2. The van der Waals surface area contributed by atoms with E-state index in [0.29, 0.717) is 34.0 Å². The van der Waals surface area contributed by atoms with Crippen molar-refractivity contribution in [2.24, 2.45) is 21.5 Å². The van der Waals surface area contributed by atoms with Crippen LogP contribution in [0.3, 0.4) is 0 Å². The van der Waals surface area contributed by atoms with Crippen LogP contribution >= 0.6 is 0 Å². The van der Waals surface area contributed by atoms with Crippen molar-refractivity contribution in [1.29, 1.82) is 0 Å². The van der Waals surface area contributed by atoms with E-state index in [4.69, 9.17) is 34.1 Å². The average molecular weight is 853 g/mol. The van der Waals surface area contributed by atoms with Crippen molar-refractivity contribution >= 4 is 35.1 Å². The van der Waals surface area contributed by atoms with E-state index in [2.05, 4.69) is 19.7 Å². The number of halogens is 2. The van der Waals surface area contributed by atoms with E-state index >= 15 is 0 Å². The van der Waals surface area contributed by atoms with E-state index in [1.807, 2.05) is 60.7 Å². The van der Waals surface area contributed by atoms with Gasteiger partial charge < -0.3 is 20.9 Å². The second-order valence-corrected chi connectivity index (χ2v) is 15.9. The average Bonchev–Trinajstić information content (AvgIpc) is 3.66. The van der Waals surface area contributed by atoms with Gasteiger partial charge in [-0.2, -0.15) is 0 Å². The van der Waals surface area contributed by atoms with Crippen molar-refractivity contribution in [3.63, 3.8) is 0 Å². The van der Waals surface area contributed by atoms with Gasteiger partial charge in [0.2, 0.25) is 0 Å². The zero-order valence-electron chi connectivity index (χ0n) is 34.5.